The molecule has 0 saturated carbocycles. The third kappa shape index (κ3) is 3.72. The highest BCUT2D eigenvalue weighted by Gasteiger charge is 2.17. The molecule has 2 rings (SSSR count). The first-order chi connectivity index (χ1) is 10.5. The van der Waals surface area contributed by atoms with E-state index in [1.807, 2.05) is 0 Å². The van der Waals surface area contributed by atoms with Crippen LogP contribution in [0.4, 0.5) is 11.4 Å². The lowest BCUT2D eigenvalue weighted by Crippen LogP contribution is -2.34. The van der Waals surface area contributed by atoms with Gasteiger partial charge >= 0.3 is 0 Å². The molecule has 0 aliphatic carbocycles. The molecule has 22 heavy (non-hydrogen) atoms. The van der Waals surface area contributed by atoms with Gasteiger partial charge < -0.3 is 5.11 Å². The number of aliphatic hydroxyl groups excluding tert-OH is 1. The van der Waals surface area contributed by atoms with E-state index in [1.165, 1.54) is 12.1 Å². The van der Waals surface area contributed by atoms with Crippen LogP contribution in [0, 0.1) is 10.1 Å². The van der Waals surface area contributed by atoms with E-state index in [0.29, 0.717) is 5.56 Å². The van der Waals surface area contributed by atoms with E-state index in [2.05, 4.69) is 10.9 Å². The summed E-state index contributed by atoms with van der Waals surface area (Å²) in [5, 5.41) is 20.6. The number of nitrogens with zero attached hydrogens (tertiary/aromatic N) is 1. The third-order valence-electron chi connectivity index (χ3n) is 2.85. The van der Waals surface area contributed by atoms with Gasteiger partial charge in [0.25, 0.3) is 11.6 Å². The van der Waals surface area contributed by atoms with Crippen LogP contribution in [0.3, 0.4) is 0 Å². The quantitative estimate of drug-likeness (QED) is 0.579. The molecule has 7 nitrogen and oxygen atoms in total. The number of non-ortho nitro benzene ring substituents is 1. The number of hydrogen-bond donors (Lipinski definition) is 3. The number of halogens is 1. The van der Waals surface area contributed by atoms with Crippen molar-refractivity contribution >= 4 is 28.9 Å². The van der Waals surface area contributed by atoms with Crippen molar-refractivity contribution in [1.82, 2.24) is 5.43 Å². The third-order valence-corrected chi connectivity index (χ3v) is 3.16. The molecule has 0 aliphatic heterocycles. The summed E-state index contributed by atoms with van der Waals surface area (Å²) < 4.78 is 0. The van der Waals surface area contributed by atoms with Gasteiger partial charge in [-0.1, -0.05) is 41.9 Å². The molecule has 114 valence electrons. The first-order valence-electron chi connectivity index (χ1n) is 6.22. The maximum Gasteiger partial charge on any atom is 0.271 e. The highest BCUT2D eigenvalue weighted by molar-refractivity contribution is 6.33. The molecular formula is C14H12ClN3O4. The summed E-state index contributed by atoms with van der Waals surface area (Å²) in [7, 11) is 0. The van der Waals surface area contributed by atoms with Gasteiger partial charge in [-0.3, -0.25) is 25.8 Å². The van der Waals surface area contributed by atoms with Gasteiger partial charge in [0.05, 0.1) is 15.6 Å². The molecule has 3 N–H and O–H groups in total. The van der Waals surface area contributed by atoms with Crippen molar-refractivity contribution in [3.05, 3.63) is 69.2 Å². The molecule has 2 aromatic rings. The number of nitro benzene ring substituents is 1. The Kier molecular flexibility index (Phi) is 4.92. The maximum absolute atomic E-state index is 11.8. The van der Waals surface area contributed by atoms with Crippen LogP contribution in [-0.4, -0.2) is 15.9 Å². The molecule has 0 aromatic heterocycles. The molecule has 1 atom stereocenters. The van der Waals surface area contributed by atoms with Crippen LogP contribution in [0.15, 0.2) is 48.5 Å². The zero-order chi connectivity index (χ0) is 16.1. The van der Waals surface area contributed by atoms with Gasteiger partial charge in [-0.25, -0.2) is 0 Å². The van der Waals surface area contributed by atoms with Crippen LogP contribution in [0.5, 0.6) is 0 Å². The predicted octanol–water partition coefficient (Wildman–Crippen LogP) is 2.42. The Balaban J connectivity index is 2.01. The summed E-state index contributed by atoms with van der Waals surface area (Å²) >= 11 is 5.87. The minimum atomic E-state index is -1.34. The Morgan fingerprint density at radius 2 is 1.91 bits per heavy atom. The number of nitrogens with one attached hydrogen (secondary N) is 2. The SMILES string of the molecule is O=C(NNc1ccc([N+](=O)[O-])cc1Cl)C(O)c1ccccc1. The van der Waals surface area contributed by atoms with Crippen molar-refractivity contribution in [2.45, 2.75) is 6.10 Å². The standard InChI is InChI=1S/C14H12ClN3O4/c15-11-8-10(18(21)22)6-7-12(11)16-17-14(20)13(19)9-4-2-1-3-5-9/h1-8,13,16,19H,(H,17,20). The number of anilines is 1. The zero-order valence-corrected chi connectivity index (χ0v) is 11.9. The van der Waals surface area contributed by atoms with Gasteiger partial charge in [-0.2, -0.15) is 0 Å². The molecule has 0 heterocycles. The molecular weight excluding hydrogens is 310 g/mol. The lowest BCUT2D eigenvalue weighted by Gasteiger charge is -2.13. The Bertz CT molecular complexity index is 694. The van der Waals surface area contributed by atoms with Gasteiger partial charge in [0.15, 0.2) is 6.10 Å². The maximum atomic E-state index is 11.8. The highest BCUT2D eigenvalue weighted by atomic mass is 35.5. The number of hydrazine groups is 1. The van der Waals surface area contributed by atoms with E-state index in [0.717, 1.165) is 6.07 Å². The van der Waals surface area contributed by atoms with E-state index >= 15 is 0 Å². The van der Waals surface area contributed by atoms with Crippen molar-refractivity contribution in [1.29, 1.82) is 0 Å². The number of benzene rings is 2. The summed E-state index contributed by atoms with van der Waals surface area (Å²) in [5.41, 5.74) is 5.37. The van der Waals surface area contributed by atoms with Gasteiger partial charge in [0.1, 0.15) is 0 Å². The van der Waals surface area contributed by atoms with Crippen molar-refractivity contribution in [2.24, 2.45) is 0 Å². The Hall–Kier alpha value is -2.64. The van der Waals surface area contributed by atoms with Crippen molar-refractivity contribution in [3.8, 4) is 0 Å². The van der Waals surface area contributed by atoms with Crippen LogP contribution >= 0.6 is 11.6 Å². The molecule has 0 saturated heterocycles. The van der Waals surface area contributed by atoms with E-state index in [1.54, 1.807) is 30.3 Å². The molecule has 0 spiro atoms. The fourth-order valence-corrected chi connectivity index (χ4v) is 1.92. The second kappa shape index (κ2) is 6.88. The normalized spacial score (nSPS) is 11.5. The zero-order valence-electron chi connectivity index (χ0n) is 11.2. The molecule has 0 aliphatic rings. The van der Waals surface area contributed by atoms with Gasteiger partial charge in [-0.15, -0.1) is 0 Å². The largest absolute Gasteiger partial charge is 0.378 e. The molecule has 1 amide bonds. The van der Waals surface area contributed by atoms with Crippen LogP contribution in [0.1, 0.15) is 11.7 Å². The van der Waals surface area contributed by atoms with Crippen LogP contribution in [0.25, 0.3) is 0 Å². The van der Waals surface area contributed by atoms with Gasteiger partial charge in [-0.05, 0) is 11.6 Å². The van der Waals surface area contributed by atoms with Crippen LogP contribution < -0.4 is 10.9 Å². The lowest BCUT2D eigenvalue weighted by molar-refractivity contribution is -0.384. The summed E-state index contributed by atoms with van der Waals surface area (Å²) in [5.74, 6) is -0.680. The first kappa shape index (κ1) is 15.7. The second-order valence-corrected chi connectivity index (χ2v) is 4.76. The number of nitro groups is 1. The Morgan fingerprint density at radius 1 is 1.23 bits per heavy atom. The monoisotopic (exact) mass is 321 g/mol. The van der Waals surface area contributed by atoms with E-state index < -0.39 is 16.9 Å². The topological polar surface area (TPSA) is 104 Å². The van der Waals surface area contributed by atoms with Crippen molar-refractivity contribution in [2.75, 3.05) is 5.43 Å². The average Bonchev–Trinajstić information content (AvgIpc) is 2.53. The lowest BCUT2D eigenvalue weighted by atomic mass is 10.1. The minimum absolute atomic E-state index is 0.0729. The molecule has 0 radical (unpaired) electrons. The van der Waals surface area contributed by atoms with Gasteiger partial charge in [0, 0.05) is 12.1 Å². The van der Waals surface area contributed by atoms with E-state index in [-0.39, 0.29) is 16.4 Å². The number of carbonyl (C=O) groups is 1. The molecule has 0 fully saturated rings. The average molecular weight is 322 g/mol. The highest BCUT2D eigenvalue weighted by Crippen LogP contribution is 2.26. The molecule has 0 bridgehead atoms. The van der Waals surface area contributed by atoms with E-state index in [9.17, 15) is 20.0 Å². The number of hydrogen-bond acceptors (Lipinski definition) is 5. The number of rotatable bonds is 5. The fraction of sp³-hybridized carbons (Fsp3) is 0.0714. The van der Waals surface area contributed by atoms with Crippen molar-refractivity contribution < 1.29 is 14.8 Å². The first-order valence-corrected chi connectivity index (χ1v) is 6.59. The number of amides is 1. The summed E-state index contributed by atoms with van der Waals surface area (Å²) in [4.78, 5) is 21.9. The molecule has 2 aromatic carbocycles. The molecule has 1 unspecified atom stereocenters. The minimum Gasteiger partial charge on any atom is -0.378 e. The van der Waals surface area contributed by atoms with Crippen molar-refractivity contribution in [3.63, 3.8) is 0 Å². The summed E-state index contributed by atoms with van der Waals surface area (Å²) in [6.07, 6.45) is -1.34. The van der Waals surface area contributed by atoms with E-state index in [4.69, 9.17) is 11.6 Å². The summed E-state index contributed by atoms with van der Waals surface area (Å²) in [6, 6.07) is 12.2. The van der Waals surface area contributed by atoms with Crippen LogP contribution in [0.2, 0.25) is 5.02 Å². The Morgan fingerprint density at radius 3 is 2.50 bits per heavy atom. The fourth-order valence-electron chi connectivity index (χ4n) is 1.70. The Labute approximate surface area is 130 Å². The number of aliphatic hydroxyl groups is 1. The predicted molar refractivity (Wildman–Crippen MR) is 81.3 cm³/mol. The smallest absolute Gasteiger partial charge is 0.271 e. The van der Waals surface area contributed by atoms with Crippen LogP contribution in [-0.2, 0) is 4.79 Å². The van der Waals surface area contributed by atoms with Gasteiger partial charge in [0.2, 0.25) is 0 Å². The molecule has 8 heteroatoms. The number of carbonyl (C=O) groups excluding carboxylic acids is 1. The summed E-state index contributed by atoms with van der Waals surface area (Å²) in [6.45, 7) is 0. The second-order valence-electron chi connectivity index (χ2n) is 4.35.